The maximum absolute atomic E-state index is 12.2. The van der Waals surface area contributed by atoms with Gasteiger partial charge in [-0.15, -0.1) is 0 Å². The van der Waals surface area contributed by atoms with Gasteiger partial charge in [0.1, 0.15) is 0 Å². The van der Waals surface area contributed by atoms with Crippen molar-refractivity contribution in [2.45, 2.75) is 97.8 Å². The van der Waals surface area contributed by atoms with Crippen LogP contribution in [-0.4, -0.2) is 25.1 Å². The summed E-state index contributed by atoms with van der Waals surface area (Å²) in [5.41, 5.74) is 1.15. The van der Waals surface area contributed by atoms with E-state index in [-0.39, 0.29) is 5.91 Å². The van der Waals surface area contributed by atoms with Crippen molar-refractivity contribution in [1.82, 2.24) is 5.06 Å². The summed E-state index contributed by atoms with van der Waals surface area (Å²) in [5.74, 6) is 5.47. The summed E-state index contributed by atoms with van der Waals surface area (Å²) in [7, 11) is 3.30. The number of carbonyl (C=O) groups excluding carboxylic acids is 1. The second-order valence-electron chi connectivity index (χ2n) is 11.7. The van der Waals surface area contributed by atoms with Crippen molar-refractivity contribution in [3.05, 3.63) is 0 Å². The van der Waals surface area contributed by atoms with E-state index in [1.165, 1.54) is 69.3 Å². The van der Waals surface area contributed by atoms with E-state index in [1.54, 1.807) is 14.2 Å². The Morgan fingerprint density at radius 3 is 2.52 bits per heavy atom. The molecular formula is C26H45NO2. The Kier molecular flexibility index (Phi) is 6.10. The van der Waals surface area contributed by atoms with Crippen LogP contribution in [0.25, 0.3) is 0 Å². The molecule has 8 unspecified atom stereocenters. The summed E-state index contributed by atoms with van der Waals surface area (Å²) in [6, 6.07) is 0. The van der Waals surface area contributed by atoms with Gasteiger partial charge in [-0.05, 0) is 104 Å². The largest absolute Gasteiger partial charge is 0.275 e. The average molecular weight is 404 g/mol. The van der Waals surface area contributed by atoms with Gasteiger partial charge >= 0.3 is 0 Å². The third kappa shape index (κ3) is 3.58. The molecule has 166 valence electrons. The van der Waals surface area contributed by atoms with Crippen LogP contribution < -0.4 is 0 Å². The smallest absolute Gasteiger partial charge is 0.245 e. The van der Waals surface area contributed by atoms with E-state index < -0.39 is 0 Å². The van der Waals surface area contributed by atoms with Crippen molar-refractivity contribution in [3.63, 3.8) is 0 Å². The highest BCUT2D eigenvalue weighted by atomic mass is 16.7. The molecule has 4 aliphatic carbocycles. The van der Waals surface area contributed by atoms with E-state index in [1.807, 2.05) is 0 Å². The zero-order valence-electron chi connectivity index (χ0n) is 19.7. The van der Waals surface area contributed by atoms with Gasteiger partial charge in [0, 0.05) is 13.5 Å². The fraction of sp³-hybridized carbons (Fsp3) is 0.962. The summed E-state index contributed by atoms with van der Waals surface area (Å²) in [6.45, 7) is 7.74. The molecule has 4 rings (SSSR count). The van der Waals surface area contributed by atoms with Crippen LogP contribution in [0.5, 0.6) is 0 Å². The fourth-order valence-electron chi connectivity index (χ4n) is 9.08. The predicted octanol–water partition coefficient (Wildman–Crippen LogP) is 6.47. The summed E-state index contributed by atoms with van der Waals surface area (Å²) in [5, 5.41) is 1.39. The molecule has 0 heterocycles. The molecule has 3 heteroatoms. The van der Waals surface area contributed by atoms with Gasteiger partial charge in [-0.25, -0.2) is 5.06 Å². The van der Waals surface area contributed by atoms with Crippen LogP contribution in [0.15, 0.2) is 0 Å². The number of rotatable bonds is 5. The second kappa shape index (κ2) is 8.17. The zero-order valence-corrected chi connectivity index (χ0v) is 19.7. The normalized spacial score (nSPS) is 45.1. The molecule has 0 radical (unpaired) electrons. The molecule has 4 saturated carbocycles. The number of hydroxylamine groups is 2. The lowest BCUT2D eigenvalue weighted by atomic mass is 9.44. The third-order valence-electron chi connectivity index (χ3n) is 10.8. The number of carbonyl (C=O) groups is 1. The Labute approximate surface area is 179 Å². The lowest BCUT2D eigenvalue weighted by Crippen LogP contribution is -2.53. The Bertz CT molecular complexity index is 606. The number of hydrogen-bond acceptors (Lipinski definition) is 2. The monoisotopic (exact) mass is 403 g/mol. The van der Waals surface area contributed by atoms with E-state index >= 15 is 0 Å². The van der Waals surface area contributed by atoms with Crippen molar-refractivity contribution < 1.29 is 9.63 Å². The third-order valence-corrected chi connectivity index (χ3v) is 10.8. The molecule has 0 aromatic rings. The minimum Gasteiger partial charge on any atom is -0.275 e. The number of hydrogen-bond donors (Lipinski definition) is 0. The first-order valence-electron chi connectivity index (χ1n) is 12.6. The second-order valence-corrected chi connectivity index (χ2v) is 11.7. The van der Waals surface area contributed by atoms with Gasteiger partial charge in [-0.1, -0.05) is 33.6 Å². The van der Waals surface area contributed by atoms with Gasteiger partial charge < -0.3 is 0 Å². The lowest BCUT2D eigenvalue weighted by molar-refractivity contribution is -0.169. The number of nitrogens with zero attached hydrogens (tertiary/aromatic N) is 1. The average Bonchev–Trinajstić information content (AvgIpc) is 3.08. The fourth-order valence-corrected chi connectivity index (χ4v) is 9.08. The maximum Gasteiger partial charge on any atom is 0.245 e. The van der Waals surface area contributed by atoms with Crippen molar-refractivity contribution in [3.8, 4) is 0 Å². The lowest BCUT2D eigenvalue weighted by Gasteiger charge is -2.61. The summed E-state index contributed by atoms with van der Waals surface area (Å²) >= 11 is 0. The standard InChI is InChI=1S/C26H45NO2/c1-18(9-14-24(28)27(4)29-5)21-12-13-22-20-11-10-19-8-6-7-16-25(19,2)23(20)15-17-26(21,22)3/h18-23H,6-17H2,1-5H3. The van der Waals surface area contributed by atoms with E-state index in [9.17, 15) is 4.79 Å². The molecule has 3 nitrogen and oxygen atoms in total. The van der Waals surface area contributed by atoms with Crippen molar-refractivity contribution in [1.29, 1.82) is 0 Å². The molecule has 0 aromatic carbocycles. The number of fused-ring (bicyclic) bond motifs is 5. The zero-order chi connectivity index (χ0) is 20.8. The first kappa shape index (κ1) is 21.7. The molecule has 29 heavy (non-hydrogen) atoms. The number of amides is 1. The van der Waals surface area contributed by atoms with Gasteiger partial charge in [0.2, 0.25) is 5.91 Å². The van der Waals surface area contributed by atoms with Gasteiger partial charge in [0.15, 0.2) is 0 Å². The molecular weight excluding hydrogens is 358 g/mol. The molecule has 4 aliphatic rings. The highest BCUT2D eigenvalue weighted by molar-refractivity contribution is 5.74. The van der Waals surface area contributed by atoms with Crippen LogP contribution in [0, 0.1) is 46.3 Å². The SMILES string of the molecule is CON(C)C(=O)CCC(C)C1CCC2C3CCC4CCCCC4(C)C3CCC12C. The Balaban J connectivity index is 1.44. The van der Waals surface area contributed by atoms with Crippen LogP contribution in [0.3, 0.4) is 0 Å². The minimum absolute atomic E-state index is 0.117. The first-order chi connectivity index (χ1) is 13.8. The molecule has 0 spiro atoms. The van der Waals surface area contributed by atoms with Gasteiger partial charge in [-0.2, -0.15) is 0 Å². The molecule has 4 fully saturated rings. The van der Waals surface area contributed by atoms with E-state index in [0.29, 0.717) is 23.2 Å². The molecule has 0 N–H and O–H groups in total. The highest BCUT2D eigenvalue weighted by Crippen LogP contribution is 2.68. The minimum atomic E-state index is 0.117. The topological polar surface area (TPSA) is 29.5 Å². The van der Waals surface area contributed by atoms with Crippen LogP contribution in [0.1, 0.15) is 97.8 Å². The first-order valence-corrected chi connectivity index (χ1v) is 12.6. The Morgan fingerprint density at radius 1 is 1.00 bits per heavy atom. The summed E-state index contributed by atoms with van der Waals surface area (Å²) in [6.07, 6.45) is 16.3. The Hall–Kier alpha value is -0.570. The molecule has 0 aliphatic heterocycles. The van der Waals surface area contributed by atoms with Crippen LogP contribution in [-0.2, 0) is 9.63 Å². The van der Waals surface area contributed by atoms with Crippen molar-refractivity contribution in [2.24, 2.45) is 46.3 Å². The maximum atomic E-state index is 12.2. The van der Waals surface area contributed by atoms with E-state index in [2.05, 4.69) is 20.8 Å². The predicted molar refractivity (Wildman–Crippen MR) is 118 cm³/mol. The van der Waals surface area contributed by atoms with Gasteiger partial charge in [0.25, 0.3) is 0 Å². The van der Waals surface area contributed by atoms with E-state index in [0.717, 1.165) is 36.0 Å². The molecule has 0 saturated heterocycles. The van der Waals surface area contributed by atoms with Crippen molar-refractivity contribution in [2.75, 3.05) is 14.2 Å². The quantitative estimate of drug-likeness (QED) is 0.492. The van der Waals surface area contributed by atoms with Crippen LogP contribution >= 0.6 is 0 Å². The van der Waals surface area contributed by atoms with Crippen LogP contribution in [0.4, 0.5) is 0 Å². The van der Waals surface area contributed by atoms with Crippen LogP contribution in [0.2, 0.25) is 0 Å². The Morgan fingerprint density at radius 2 is 1.76 bits per heavy atom. The van der Waals surface area contributed by atoms with E-state index in [4.69, 9.17) is 4.84 Å². The summed E-state index contributed by atoms with van der Waals surface area (Å²) < 4.78 is 0. The summed E-state index contributed by atoms with van der Waals surface area (Å²) in [4.78, 5) is 17.3. The molecule has 1 amide bonds. The molecule has 0 aromatic heterocycles. The van der Waals surface area contributed by atoms with Gasteiger partial charge in [-0.3, -0.25) is 9.63 Å². The van der Waals surface area contributed by atoms with Crippen molar-refractivity contribution >= 4 is 5.91 Å². The molecule has 0 bridgehead atoms. The highest BCUT2D eigenvalue weighted by Gasteiger charge is 2.60. The van der Waals surface area contributed by atoms with Gasteiger partial charge in [0.05, 0.1) is 7.11 Å². The molecule has 8 atom stereocenters.